The molecule has 0 fully saturated rings. The molecule has 30 heavy (non-hydrogen) atoms. The predicted octanol–water partition coefficient (Wildman–Crippen LogP) is 2.32. The van der Waals surface area contributed by atoms with E-state index in [1.807, 2.05) is 5.38 Å². The average Bonchev–Trinajstić information content (AvgIpc) is 3.20. The van der Waals surface area contributed by atoms with Gasteiger partial charge in [-0.1, -0.05) is 6.07 Å². The standard InChI is InChI=1S/C17H23N4O6PS2/c1-11(21(10-22)9-13-8-19-12(2)20-16(13)18)14(5-6-27-28(24,25)26)30-17(23)15-4-3-7-29-15/h3-4,7-8,10,23,30H,5-6,9H2,1-2H3,(H2,18,19,20)(H2,24,25,26)/b14-11-. The third kappa shape index (κ3) is 7.40. The number of hydrogen-bond donors (Lipinski definition) is 5. The summed E-state index contributed by atoms with van der Waals surface area (Å²) in [6.07, 6.45) is 2.22. The smallest absolute Gasteiger partial charge is 0.383 e. The van der Waals surface area contributed by atoms with Crippen LogP contribution < -0.4 is 5.73 Å². The second-order valence-corrected chi connectivity index (χ2v) is 9.45. The van der Waals surface area contributed by atoms with Crippen LogP contribution in [0.1, 0.15) is 29.6 Å². The molecule has 0 bridgehead atoms. The van der Waals surface area contributed by atoms with Gasteiger partial charge in [-0.3, -0.25) is 9.32 Å². The van der Waals surface area contributed by atoms with Crippen molar-refractivity contribution in [2.45, 2.75) is 26.8 Å². The number of rotatable bonds is 10. The lowest BCUT2D eigenvalue weighted by Gasteiger charge is -2.22. The Morgan fingerprint density at radius 1 is 1.47 bits per heavy atom. The number of carbonyl (C=O) groups excluding carboxylic acids is 1. The number of aliphatic hydroxyl groups is 1. The normalized spacial score (nSPS) is 13.4. The Morgan fingerprint density at radius 3 is 2.77 bits per heavy atom. The third-order valence-electron chi connectivity index (χ3n) is 3.92. The van der Waals surface area contributed by atoms with E-state index in [9.17, 15) is 14.5 Å². The number of aryl methyl sites for hydroxylation is 1. The van der Waals surface area contributed by atoms with Crippen molar-refractivity contribution < 1.29 is 28.8 Å². The van der Waals surface area contributed by atoms with E-state index in [-0.39, 0.29) is 30.4 Å². The van der Waals surface area contributed by atoms with E-state index in [2.05, 4.69) is 14.5 Å². The Balaban J connectivity index is 2.36. The molecule has 0 aliphatic carbocycles. The summed E-state index contributed by atoms with van der Waals surface area (Å²) in [5.74, 6) is 0.754. The monoisotopic (exact) mass is 474 g/mol. The summed E-state index contributed by atoms with van der Waals surface area (Å²) in [5.41, 5.74) is 6.95. The lowest BCUT2D eigenvalue weighted by molar-refractivity contribution is -0.116. The van der Waals surface area contributed by atoms with E-state index >= 15 is 0 Å². The number of hydrogen-bond acceptors (Lipinski definition) is 7. The molecule has 0 saturated heterocycles. The molecule has 164 valence electrons. The zero-order valence-corrected chi connectivity index (χ0v) is 18.9. The zero-order valence-electron chi connectivity index (χ0n) is 16.3. The topological polar surface area (TPSA) is 159 Å². The van der Waals surface area contributed by atoms with Gasteiger partial charge in [0.2, 0.25) is 6.41 Å². The van der Waals surface area contributed by atoms with Gasteiger partial charge in [0.05, 0.1) is 18.0 Å². The highest BCUT2D eigenvalue weighted by molar-refractivity contribution is 8.02. The molecule has 0 aromatic carbocycles. The van der Waals surface area contributed by atoms with E-state index in [4.69, 9.17) is 15.5 Å². The number of anilines is 1. The Hall–Kier alpha value is -1.92. The minimum atomic E-state index is -4.64. The molecule has 0 radical (unpaired) electrons. The average molecular weight is 475 g/mol. The van der Waals surface area contributed by atoms with Crippen LogP contribution in [-0.2, 0) is 20.4 Å². The molecule has 2 rings (SSSR count). The summed E-state index contributed by atoms with van der Waals surface area (Å²) in [4.78, 5) is 40.4. The fraction of sp³-hybridized carbons (Fsp3) is 0.294. The minimum Gasteiger partial charge on any atom is -0.383 e. The Morgan fingerprint density at radius 2 is 2.20 bits per heavy atom. The fourth-order valence-electron chi connectivity index (χ4n) is 2.39. The van der Waals surface area contributed by atoms with Gasteiger partial charge in [-0.2, -0.15) is 0 Å². The van der Waals surface area contributed by atoms with Gasteiger partial charge < -0.3 is 25.5 Å². The number of thiol groups is 1. The van der Waals surface area contributed by atoms with Crippen molar-refractivity contribution >= 4 is 47.8 Å². The first-order valence-corrected chi connectivity index (χ1v) is 11.9. The Kier molecular flexibility index (Phi) is 8.86. The summed E-state index contributed by atoms with van der Waals surface area (Å²) >= 11 is 1.73. The molecule has 10 nitrogen and oxygen atoms in total. The van der Waals surface area contributed by atoms with Crippen LogP contribution in [-0.4, -0.2) is 47.8 Å². The number of nitrogens with zero attached hydrogens (tertiary/aromatic N) is 3. The lowest BCUT2D eigenvalue weighted by atomic mass is 10.2. The second kappa shape index (κ2) is 10.9. The molecule has 0 spiro atoms. The number of phosphoric ester groups is 1. The largest absolute Gasteiger partial charge is 0.469 e. The van der Waals surface area contributed by atoms with Crippen molar-refractivity contribution in [2.75, 3.05) is 12.3 Å². The molecule has 1 amide bonds. The van der Waals surface area contributed by atoms with E-state index < -0.39 is 7.82 Å². The fourth-order valence-corrected chi connectivity index (χ4v) is 4.51. The van der Waals surface area contributed by atoms with Crippen LogP contribution in [0.4, 0.5) is 5.82 Å². The Bertz CT molecular complexity index is 990. The summed E-state index contributed by atoms with van der Waals surface area (Å²) in [5, 5.41) is 12.3. The highest BCUT2D eigenvalue weighted by atomic mass is 32.1. The van der Waals surface area contributed by atoms with E-state index in [0.717, 1.165) is 0 Å². The minimum absolute atomic E-state index is 0.0551. The molecule has 2 aromatic rings. The van der Waals surface area contributed by atoms with Crippen LogP contribution in [0.5, 0.6) is 0 Å². The van der Waals surface area contributed by atoms with Crippen molar-refractivity contribution in [2.24, 2.45) is 0 Å². The molecule has 0 aliphatic rings. The molecular formula is C17H23N4O6PS2. The third-order valence-corrected chi connectivity index (χ3v) is 6.73. The molecular weight excluding hydrogens is 451 g/mol. The van der Waals surface area contributed by atoms with Crippen LogP contribution in [0, 0.1) is 6.92 Å². The van der Waals surface area contributed by atoms with Crippen LogP contribution in [0.2, 0.25) is 0 Å². The highest BCUT2D eigenvalue weighted by Gasteiger charge is 2.17. The number of aliphatic hydroxyl groups excluding tert-OH is 1. The maximum absolute atomic E-state index is 11.8. The highest BCUT2D eigenvalue weighted by Crippen LogP contribution is 2.36. The molecule has 13 heteroatoms. The maximum atomic E-state index is 11.8. The molecule has 5 N–H and O–H groups in total. The number of allylic oxidation sites excluding steroid dienone is 1. The number of nitrogens with two attached hydrogens (primary N) is 1. The first-order chi connectivity index (χ1) is 14.1. The lowest BCUT2D eigenvalue weighted by Crippen LogP contribution is -2.22. The SMILES string of the molecule is C/C(=C(CCOP(=O)(O)O)/[SH]=C(\O)c1cccs1)N(C=O)Cc1cnc(C)nc1N. The number of amides is 1. The van der Waals surface area contributed by atoms with Crippen LogP contribution in [0.25, 0.3) is 0 Å². The Labute approximate surface area is 181 Å². The summed E-state index contributed by atoms with van der Waals surface area (Å²) in [6, 6.07) is 3.53. The number of nitrogen functional groups attached to an aromatic ring is 1. The van der Waals surface area contributed by atoms with Gasteiger partial charge in [0.1, 0.15) is 16.7 Å². The molecule has 2 aromatic heterocycles. The van der Waals surface area contributed by atoms with Gasteiger partial charge in [-0.15, -0.1) is 22.7 Å². The van der Waals surface area contributed by atoms with Gasteiger partial charge in [-0.05, 0) is 25.3 Å². The summed E-state index contributed by atoms with van der Waals surface area (Å²) < 4.78 is 15.5. The van der Waals surface area contributed by atoms with Crippen molar-refractivity contribution in [3.63, 3.8) is 0 Å². The van der Waals surface area contributed by atoms with Gasteiger partial charge in [0, 0.05) is 28.8 Å². The first kappa shape index (κ1) is 24.4. The van der Waals surface area contributed by atoms with Gasteiger partial charge in [0.25, 0.3) is 0 Å². The second-order valence-electron chi connectivity index (χ2n) is 6.08. The molecule has 0 saturated carbocycles. The number of phosphoric acid groups is 1. The van der Waals surface area contributed by atoms with Crippen molar-refractivity contribution in [3.05, 3.63) is 50.6 Å². The van der Waals surface area contributed by atoms with Crippen molar-refractivity contribution in [1.82, 2.24) is 14.9 Å². The van der Waals surface area contributed by atoms with E-state index in [1.165, 1.54) is 22.4 Å². The molecule has 0 atom stereocenters. The summed E-state index contributed by atoms with van der Waals surface area (Å²) in [7, 11) is -4.64. The van der Waals surface area contributed by atoms with Gasteiger partial charge in [-0.25, -0.2) is 14.5 Å². The number of thiophene rings is 1. The number of carbonyl (C=O) groups is 1. The van der Waals surface area contributed by atoms with E-state index in [0.29, 0.717) is 44.6 Å². The number of aromatic nitrogens is 2. The van der Waals surface area contributed by atoms with Gasteiger partial charge >= 0.3 is 7.82 Å². The first-order valence-electron chi connectivity index (χ1n) is 8.62. The molecule has 2 heterocycles. The van der Waals surface area contributed by atoms with Crippen molar-refractivity contribution in [3.8, 4) is 0 Å². The predicted molar refractivity (Wildman–Crippen MR) is 118 cm³/mol. The van der Waals surface area contributed by atoms with Crippen molar-refractivity contribution in [1.29, 1.82) is 0 Å². The van der Waals surface area contributed by atoms with Crippen LogP contribution >= 0.6 is 30.5 Å². The van der Waals surface area contributed by atoms with Crippen LogP contribution in [0.3, 0.4) is 0 Å². The zero-order chi connectivity index (χ0) is 22.3. The molecule has 0 unspecified atom stereocenters. The van der Waals surface area contributed by atoms with Gasteiger partial charge in [0.15, 0.2) is 0 Å². The quantitative estimate of drug-likeness (QED) is 0.151. The van der Waals surface area contributed by atoms with E-state index in [1.54, 1.807) is 26.0 Å². The van der Waals surface area contributed by atoms with Crippen LogP contribution in [0.15, 0.2) is 34.3 Å². The summed E-state index contributed by atoms with van der Waals surface area (Å²) in [6.45, 7) is 3.18. The maximum Gasteiger partial charge on any atom is 0.469 e. The molecule has 0 aliphatic heterocycles.